The van der Waals surface area contributed by atoms with Crippen LogP contribution in [0, 0.1) is 0 Å². The van der Waals surface area contributed by atoms with E-state index >= 15 is 0 Å². The Morgan fingerprint density at radius 1 is 0.492 bits per heavy atom. The van der Waals surface area contributed by atoms with Crippen LogP contribution in [0.4, 0.5) is 0 Å². The van der Waals surface area contributed by atoms with E-state index in [1.165, 1.54) is 64.2 Å². The van der Waals surface area contributed by atoms with Crippen molar-refractivity contribution in [1.29, 1.82) is 0 Å². The number of quaternary nitrogens is 1. The van der Waals surface area contributed by atoms with Gasteiger partial charge in [-0.3, -0.25) is 9.59 Å². The SMILES string of the molecule is CC/C=C\C/C=C\C/C=C\C/C=C\C/C=C\C/C=C\CCCCCCCCC(=O)OC(COC(=O)CCCCCCCCCCCCCCC)COC(OCC[N+](C)(C)C)C(=O)O. The van der Waals surface area contributed by atoms with Crippen LogP contribution in [-0.4, -0.2) is 87.4 Å². The molecule has 0 saturated heterocycles. The molecular weight excluding hydrogens is 791 g/mol. The molecule has 0 aromatic rings. The van der Waals surface area contributed by atoms with Gasteiger partial charge in [0.2, 0.25) is 0 Å². The average Bonchev–Trinajstić information content (AvgIpc) is 3.24. The minimum Gasteiger partial charge on any atom is -0.477 e. The minimum absolute atomic E-state index is 0.182. The van der Waals surface area contributed by atoms with Gasteiger partial charge in [-0.05, 0) is 64.2 Å². The Morgan fingerprint density at radius 2 is 0.905 bits per heavy atom. The summed E-state index contributed by atoms with van der Waals surface area (Å²) in [5.41, 5.74) is 0. The number of allylic oxidation sites excluding steroid dienone is 12. The van der Waals surface area contributed by atoms with Crippen LogP contribution in [-0.2, 0) is 33.3 Å². The van der Waals surface area contributed by atoms with Gasteiger partial charge >= 0.3 is 17.9 Å². The highest BCUT2D eigenvalue weighted by molar-refractivity contribution is 5.71. The Hall–Kier alpha value is -3.27. The van der Waals surface area contributed by atoms with Gasteiger partial charge in [0.05, 0.1) is 34.4 Å². The fraction of sp³-hybridized carbons (Fsp3) is 0.722. The van der Waals surface area contributed by atoms with E-state index in [1.807, 2.05) is 21.1 Å². The second kappa shape index (κ2) is 45.3. The van der Waals surface area contributed by atoms with Crippen LogP contribution in [0.15, 0.2) is 72.9 Å². The largest absolute Gasteiger partial charge is 0.477 e. The fourth-order valence-corrected chi connectivity index (χ4v) is 6.60. The summed E-state index contributed by atoms with van der Waals surface area (Å²) < 4.78 is 22.8. The van der Waals surface area contributed by atoms with E-state index in [4.69, 9.17) is 18.9 Å². The number of unbranched alkanes of at least 4 members (excludes halogenated alkanes) is 18. The Balaban J connectivity index is 4.37. The second-order valence-electron chi connectivity index (χ2n) is 17.8. The number of likely N-dealkylation sites (N-methyl/N-ethyl adjacent to an activating group) is 1. The fourth-order valence-electron chi connectivity index (χ4n) is 6.60. The van der Waals surface area contributed by atoms with Crippen molar-refractivity contribution in [2.45, 2.75) is 206 Å². The predicted octanol–water partition coefficient (Wildman–Crippen LogP) is 13.9. The first kappa shape index (κ1) is 59.7. The van der Waals surface area contributed by atoms with Crippen molar-refractivity contribution in [3.05, 3.63) is 72.9 Å². The number of hydrogen-bond acceptors (Lipinski definition) is 7. The molecule has 0 aliphatic heterocycles. The lowest BCUT2D eigenvalue weighted by atomic mass is 10.0. The van der Waals surface area contributed by atoms with Crippen molar-refractivity contribution in [3.8, 4) is 0 Å². The van der Waals surface area contributed by atoms with Crippen LogP contribution in [0.1, 0.15) is 194 Å². The Bertz CT molecular complexity index is 1260. The van der Waals surface area contributed by atoms with Crippen molar-refractivity contribution in [1.82, 2.24) is 0 Å². The number of aliphatic carboxylic acids is 1. The zero-order valence-electron chi connectivity index (χ0n) is 41.0. The van der Waals surface area contributed by atoms with Gasteiger partial charge in [-0.25, -0.2) is 4.79 Å². The van der Waals surface area contributed by atoms with Crippen LogP contribution in [0.25, 0.3) is 0 Å². The molecule has 0 aromatic heterocycles. The van der Waals surface area contributed by atoms with Gasteiger partial charge in [0.25, 0.3) is 6.29 Å². The van der Waals surface area contributed by atoms with Gasteiger partial charge < -0.3 is 28.5 Å². The third-order valence-electron chi connectivity index (χ3n) is 10.5. The van der Waals surface area contributed by atoms with Crippen molar-refractivity contribution in [2.75, 3.05) is 47.5 Å². The number of ether oxygens (including phenoxy) is 4. The lowest BCUT2D eigenvalue weighted by molar-refractivity contribution is -0.870. The first-order chi connectivity index (χ1) is 30.6. The monoisotopic (exact) mass is 885 g/mol. The van der Waals surface area contributed by atoms with Crippen LogP contribution < -0.4 is 0 Å². The Kier molecular flexibility index (Phi) is 43.0. The molecule has 0 aliphatic carbocycles. The van der Waals surface area contributed by atoms with Gasteiger partial charge in [-0.1, -0.05) is 189 Å². The molecule has 2 unspecified atom stereocenters. The quantitative estimate of drug-likeness (QED) is 0.0212. The van der Waals surface area contributed by atoms with E-state index in [2.05, 4.69) is 86.8 Å². The molecule has 63 heavy (non-hydrogen) atoms. The lowest BCUT2D eigenvalue weighted by Crippen LogP contribution is -2.40. The van der Waals surface area contributed by atoms with Gasteiger partial charge in [0.15, 0.2) is 6.10 Å². The van der Waals surface area contributed by atoms with Crippen molar-refractivity contribution in [3.63, 3.8) is 0 Å². The molecule has 2 atom stereocenters. The number of carbonyl (C=O) groups excluding carboxylic acids is 2. The molecule has 9 nitrogen and oxygen atoms in total. The highest BCUT2D eigenvalue weighted by atomic mass is 16.7. The molecule has 0 spiro atoms. The van der Waals surface area contributed by atoms with E-state index in [-0.39, 0.29) is 32.2 Å². The first-order valence-corrected chi connectivity index (χ1v) is 25.1. The number of nitrogens with zero attached hydrogens (tertiary/aromatic N) is 1. The van der Waals surface area contributed by atoms with E-state index in [9.17, 15) is 19.5 Å². The number of carbonyl (C=O) groups is 3. The number of carboxylic acid groups (broad SMARTS) is 1. The molecule has 0 saturated carbocycles. The van der Waals surface area contributed by atoms with E-state index in [0.717, 1.165) is 96.3 Å². The summed E-state index contributed by atoms with van der Waals surface area (Å²) in [6, 6.07) is 0. The molecule has 0 bridgehead atoms. The molecule has 0 amide bonds. The predicted molar refractivity (Wildman–Crippen MR) is 263 cm³/mol. The molecule has 0 aliphatic rings. The number of rotatable bonds is 45. The van der Waals surface area contributed by atoms with Crippen LogP contribution in [0.2, 0.25) is 0 Å². The molecule has 0 rings (SSSR count). The van der Waals surface area contributed by atoms with Gasteiger partial charge in [0, 0.05) is 12.8 Å². The minimum atomic E-state index is -1.52. The summed E-state index contributed by atoms with van der Waals surface area (Å²) in [5.74, 6) is -2.03. The molecule has 1 N–H and O–H groups in total. The van der Waals surface area contributed by atoms with Crippen LogP contribution in [0.5, 0.6) is 0 Å². The van der Waals surface area contributed by atoms with Crippen molar-refractivity contribution >= 4 is 17.9 Å². The van der Waals surface area contributed by atoms with E-state index < -0.39 is 24.3 Å². The second-order valence-corrected chi connectivity index (χ2v) is 17.8. The van der Waals surface area contributed by atoms with Crippen LogP contribution >= 0.6 is 0 Å². The Morgan fingerprint density at radius 3 is 1.35 bits per heavy atom. The summed E-state index contributed by atoms with van der Waals surface area (Å²) in [6.07, 6.45) is 53.9. The third kappa shape index (κ3) is 46.5. The standard InChI is InChI=1S/C54H93NO8/c1-6-8-10-12-14-16-18-20-21-22-23-24-25-26-27-28-29-30-31-33-35-37-39-41-43-45-52(57)63-50(49-62-54(53(58)59)60-47-46-55(3,4)5)48-61-51(56)44-42-40-38-36-34-32-19-17-15-13-11-9-7-2/h8,10,14,16,20-21,23-24,26-27,29-30,50,54H,6-7,9,11-13,15,17-19,22,25,28,31-49H2,1-5H3/p+1/b10-8-,16-14-,21-20-,24-23-,27-26-,30-29-. The zero-order chi connectivity index (χ0) is 46.3. The highest BCUT2D eigenvalue weighted by Crippen LogP contribution is 2.14. The van der Waals surface area contributed by atoms with Crippen molar-refractivity contribution < 1.29 is 42.9 Å². The normalized spacial score (nSPS) is 13.5. The number of esters is 2. The number of hydrogen-bond donors (Lipinski definition) is 1. The smallest absolute Gasteiger partial charge is 0.361 e. The molecular formula is C54H94NO8+. The van der Waals surface area contributed by atoms with Gasteiger partial charge in [-0.2, -0.15) is 0 Å². The molecule has 0 heterocycles. The maximum absolute atomic E-state index is 12.8. The van der Waals surface area contributed by atoms with E-state index in [0.29, 0.717) is 23.9 Å². The molecule has 0 aromatic carbocycles. The maximum Gasteiger partial charge on any atom is 0.361 e. The zero-order valence-corrected chi connectivity index (χ0v) is 41.0. The molecule has 362 valence electrons. The summed E-state index contributed by atoms with van der Waals surface area (Å²) >= 11 is 0. The third-order valence-corrected chi connectivity index (χ3v) is 10.5. The topological polar surface area (TPSA) is 108 Å². The lowest BCUT2D eigenvalue weighted by Gasteiger charge is -2.25. The maximum atomic E-state index is 12.8. The van der Waals surface area contributed by atoms with Crippen LogP contribution in [0.3, 0.4) is 0 Å². The van der Waals surface area contributed by atoms with Gasteiger partial charge in [-0.15, -0.1) is 0 Å². The summed E-state index contributed by atoms with van der Waals surface area (Å²) in [5, 5.41) is 9.66. The molecule has 0 radical (unpaired) electrons. The number of carboxylic acids is 1. The van der Waals surface area contributed by atoms with Gasteiger partial charge in [0.1, 0.15) is 13.2 Å². The summed E-state index contributed by atoms with van der Waals surface area (Å²) in [6.45, 7) is 4.73. The summed E-state index contributed by atoms with van der Waals surface area (Å²) in [4.78, 5) is 37.2. The molecule has 0 fully saturated rings. The summed E-state index contributed by atoms with van der Waals surface area (Å²) in [7, 11) is 5.95. The van der Waals surface area contributed by atoms with E-state index in [1.54, 1.807) is 0 Å². The first-order valence-electron chi connectivity index (χ1n) is 25.1. The average molecular weight is 885 g/mol. The molecule has 9 heteroatoms. The van der Waals surface area contributed by atoms with Crippen molar-refractivity contribution in [2.24, 2.45) is 0 Å². The highest BCUT2D eigenvalue weighted by Gasteiger charge is 2.25. The Labute approximate surface area is 386 Å².